The van der Waals surface area contributed by atoms with Crippen LogP contribution < -0.4 is 10.1 Å². The van der Waals surface area contributed by atoms with E-state index < -0.39 is 23.6 Å². The van der Waals surface area contributed by atoms with Crippen molar-refractivity contribution in [3.05, 3.63) is 59.2 Å². The van der Waals surface area contributed by atoms with Crippen molar-refractivity contribution in [3.8, 4) is 5.75 Å². The number of hydrogen-bond donors (Lipinski definition) is 1. The van der Waals surface area contributed by atoms with Gasteiger partial charge in [-0.1, -0.05) is 6.92 Å². The number of hydrogen-bond acceptors (Lipinski definition) is 3. The Morgan fingerprint density at radius 3 is 2.71 bits per heavy atom. The summed E-state index contributed by atoms with van der Waals surface area (Å²) in [4.78, 5) is 3.87. The Morgan fingerprint density at radius 1 is 1.21 bits per heavy atom. The summed E-state index contributed by atoms with van der Waals surface area (Å²) >= 11 is 0. The summed E-state index contributed by atoms with van der Waals surface area (Å²) in [5, 5.41) is 3.23. The van der Waals surface area contributed by atoms with Gasteiger partial charge in [-0.05, 0) is 37.1 Å². The fourth-order valence-corrected chi connectivity index (χ4v) is 3.09. The fraction of sp³-hybridized carbons (Fsp3) is 0.389. The molecule has 0 saturated carbocycles. The molecule has 128 valence electrons. The average Bonchev–Trinajstić information content (AvgIpc) is 3.07. The van der Waals surface area contributed by atoms with Crippen LogP contribution >= 0.6 is 0 Å². The highest BCUT2D eigenvalue weighted by atomic mass is 19.1. The van der Waals surface area contributed by atoms with Crippen molar-refractivity contribution in [1.29, 1.82) is 0 Å². The standard InChI is InChI=1S/C18H19F3N2O/c1-2-11-5-14(19)7-16(21)18(11)24-17(12-3-4-22-8-12)13-6-15(20)10-23-9-13/h5-7,9-10,12,17,22H,2-4,8H2,1H3/t12-,17+/m0/s1. The molecule has 0 bridgehead atoms. The molecule has 1 aromatic heterocycles. The van der Waals surface area contributed by atoms with E-state index in [1.165, 1.54) is 18.3 Å². The van der Waals surface area contributed by atoms with Crippen LogP contribution in [0.25, 0.3) is 0 Å². The van der Waals surface area contributed by atoms with Gasteiger partial charge in [0.05, 0.1) is 6.20 Å². The quantitative estimate of drug-likeness (QED) is 0.902. The van der Waals surface area contributed by atoms with Crippen LogP contribution in [0.15, 0.2) is 30.6 Å². The van der Waals surface area contributed by atoms with Crippen molar-refractivity contribution in [1.82, 2.24) is 10.3 Å². The van der Waals surface area contributed by atoms with E-state index in [2.05, 4.69) is 10.3 Å². The topological polar surface area (TPSA) is 34.1 Å². The minimum atomic E-state index is -0.743. The van der Waals surface area contributed by atoms with E-state index >= 15 is 0 Å². The largest absolute Gasteiger partial charge is 0.482 e. The highest BCUT2D eigenvalue weighted by molar-refractivity contribution is 5.36. The molecule has 1 fully saturated rings. The van der Waals surface area contributed by atoms with Crippen molar-refractivity contribution in [2.24, 2.45) is 5.92 Å². The Balaban J connectivity index is 1.98. The first-order valence-electron chi connectivity index (χ1n) is 8.04. The summed E-state index contributed by atoms with van der Waals surface area (Å²) in [5.74, 6) is -1.76. The minimum Gasteiger partial charge on any atom is -0.482 e. The smallest absolute Gasteiger partial charge is 0.168 e. The van der Waals surface area contributed by atoms with Gasteiger partial charge in [0.1, 0.15) is 17.7 Å². The number of aromatic nitrogens is 1. The van der Waals surface area contributed by atoms with Crippen LogP contribution in [0.2, 0.25) is 0 Å². The summed E-state index contributed by atoms with van der Waals surface area (Å²) in [7, 11) is 0. The van der Waals surface area contributed by atoms with Crippen molar-refractivity contribution in [2.75, 3.05) is 13.1 Å². The number of ether oxygens (including phenoxy) is 1. The normalized spacial score (nSPS) is 18.6. The highest BCUT2D eigenvalue weighted by Crippen LogP contribution is 2.35. The number of rotatable bonds is 5. The minimum absolute atomic E-state index is 0.0278. The third-order valence-electron chi connectivity index (χ3n) is 4.29. The molecule has 2 atom stereocenters. The van der Waals surface area contributed by atoms with E-state index in [0.717, 1.165) is 25.2 Å². The van der Waals surface area contributed by atoms with E-state index in [1.807, 2.05) is 0 Å². The lowest BCUT2D eigenvalue weighted by Crippen LogP contribution is -2.22. The maximum Gasteiger partial charge on any atom is 0.168 e. The van der Waals surface area contributed by atoms with E-state index in [4.69, 9.17) is 4.74 Å². The molecule has 1 aliphatic heterocycles. The number of halogens is 3. The molecular weight excluding hydrogens is 317 g/mol. The molecule has 24 heavy (non-hydrogen) atoms. The Bertz CT molecular complexity index is 717. The maximum absolute atomic E-state index is 14.3. The maximum atomic E-state index is 14.3. The van der Waals surface area contributed by atoms with Crippen LogP contribution in [0.4, 0.5) is 13.2 Å². The van der Waals surface area contributed by atoms with Crippen molar-refractivity contribution in [2.45, 2.75) is 25.9 Å². The SMILES string of the molecule is CCc1cc(F)cc(F)c1O[C@@H](c1cncc(F)c1)[C@H]1CCNC1. The summed E-state index contributed by atoms with van der Waals surface area (Å²) in [6.45, 7) is 3.31. The molecule has 2 aromatic rings. The van der Waals surface area contributed by atoms with Gasteiger partial charge in [-0.25, -0.2) is 13.2 Å². The van der Waals surface area contributed by atoms with Gasteiger partial charge in [0, 0.05) is 30.3 Å². The van der Waals surface area contributed by atoms with Gasteiger partial charge in [-0.2, -0.15) is 0 Å². The third kappa shape index (κ3) is 3.53. The number of aryl methyl sites for hydroxylation is 1. The molecular formula is C18H19F3N2O. The molecule has 0 aliphatic carbocycles. The Morgan fingerprint density at radius 2 is 2.04 bits per heavy atom. The predicted molar refractivity (Wildman–Crippen MR) is 84.3 cm³/mol. The zero-order valence-corrected chi connectivity index (χ0v) is 13.4. The van der Waals surface area contributed by atoms with Gasteiger partial charge in [0.25, 0.3) is 0 Å². The van der Waals surface area contributed by atoms with E-state index in [-0.39, 0.29) is 11.7 Å². The summed E-state index contributed by atoms with van der Waals surface area (Å²) in [6.07, 6.45) is 3.35. The number of benzene rings is 1. The van der Waals surface area contributed by atoms with Crippen LogP contribution in [0.1, 0.15) is 30.6 Å². The molecule has 3 rings (SSSR count). The lowest BCUT2D eigenvalue weighted by molar-refractivity contribution is 0.135. The summed E-state index contributed by atoms with van der Waals surface area (Å²) < 4.78 is 47.2. The monoisotopic (exact) mass is 336 g/mol. The van der Waals surface area contributed by atoms with Gasteiger partial charge < -0.3 is 10.1 Å². The molecule has 0 spiro atoms. The first-order valence-corrected chi connectivity index (χ1v) is 8.04. The average molecular weight is 336 g/mol. The fourth-order valence-electron chi connectivity index (χ4n) is 3.09. The molecule has 1 aromatic carbocycles. The Hall–Kier alpha value is -2.08. The van der Waals surface area contributed by atoms with Crippen molar-refractivity contribution >= 4 is 0 Å². The van der Waals surface area contributed by atoms with E-state index in [0.29, 0.717) is 24.1 Å². The number of nitrogens with one attached hydrogen (secondary N) is 1. The van der Waals surface area contributed by atoms with Crippen molar-refractivity contribution < 1.29 is 17.9 Å². The number of pyridine rings is 1. The highest BCUT2D eigenvalue weighted by Gasteiger charge is 2.30. The van der Waals surface area contributed by atoms with Gasteiger partial charge in [-0.15, -0.1) is 0 Å². The Kier molecular flexibility index (Phi) is 5.04. The third-order valence-corrected chi connectivity index (χ3v) is 4.29. The number of nitrogens with zero attached hydrogens (tertiary/aromatic N) is 1. The molecule has 1 N–H and O–H groups in total. The van der Waals surface area contributed by atoms with Gasteiger partial charge >= 0.3 is 0 Å². The molecule has 6 heteroatoms. The van der Waals surface area contributed by atoms with Crippen LogP contribution in [-0.4, -0.2) is 18.1 Å². The zero-order valence-electron chi connectivity index (χ0n) is 13.4. The molecule has 2 heterocycles. The summed E-state index contributed by atoms with van der Waals surface area (Å²) in [6, 6.07) is 3.43. The first kappa shape index (κ1) is 16.8. The Labute approximate surface area is 138 Å². The molecule has 3 nitrogen and oxygen atoms in total. The molecule has 1 saturated heterocycles. The van der Waals surface area contributed by atoms with Crippen LogP contribution in [-0.2, 0) is 6.42 Å². The second kappa shape index (κ2) is 7.21. The predicted octanol–water partition coefficient (Wildman–Crippen LogP) is 3.79. The second-order valence-electron chi connectivity index (χ2n) is 5.96. The lowest BCUT2D eigenvalue weighted by Gasteiger charge is -2.26. The van der Waals surface area contributed by atoms with Crippen LogP contribution in [0.3, 0.4) is 0 Å². The van der Waals surface area contributed by atoms with Crippen LogP contribution in [0.5, 0.6) is 5.75 Å². The van der Waals surface area contributed by atoms with E-state index in [1.54, 1.807) is 6.92 Å². The zero-order chi connectivity index (χ0) is 17.1. The van der Waals surface area contributed by atoms with Gasteiger partial charge in [0.15, 0.2) is 11.6 Å². The summed E-state index contributed by atoms with van der Waals surface area (Å²) in [5.41, 5.74) is 1.00. The second-order valence-corrected chi connectivity index (χ2v) is 5.96. The molecule has 0 amide bonds. The lowest BCUT2D eigenvalue weighted by atomic mass is 9.95. The van der Waals surface area contributed by atoms with Gasteiger partial charge in [0.2, 0.25) is 0 Å². The van der Waals surface area contributed by atoms with E-state index in [9.17, 15) is 13.2 Å². The molecule has 1 aliphatic rings. The molecule has 0 unspecified atom stereocenters. The first-order chi connectivity index (χ1) is 11.6. The van der Waals surface area contributed by atoms with Crippen LogP contribution in [0, 0.1) is 23.4 Å². The van der Waals surface area contributed by atoms with Crippen molar-refractivity contribution in [3.63, 3.8) is 0 Å². The van der Waals surface area contributed by atoms with Gasteiger partial charge in [-0.3, -0.25) is 4.98 Å². The molecule has 0 radical (unpaired) electrons.